The number of amides is 1. The summed E-state index contributed by atoms with van der Waals surface area (Å²) in [4.78, 5) is 14.3. The van der Waals surface area contributed by atoms with Crippen LogP contribution in [0.3, 0.4) is 0 Å². The van der Waals surface area contributed by atoms with Gasteiger partial charge < -0.3 is 18.9 Å². The minimum absolute atomic E-state index is 0.326. The second-order valence-corrected chi connectivity index (χ2v) is 8.75. The Kier molecular flexibility index (Phi) is 4.77. The van der Waals surface area contributed by atoms with Crippen molar-refractivity contribution in [1.29, 1.82) is 5.26 Å². The molecule has 152 valence electrons. The number of hydrogen-bond acceptors (Lipinski definition) is 4. The molecule has 0 unspecified atom stereocenters. The third kappa shape index (κ3) is 3.69. The summed E-state index contributed by atoms with van der Waals surface area (Å²) in [6.45, 7) is 7.27. The predicted molar refractivity (Wildman–Crippen MR) is 110 cm³/mol. The number of aromatic nitrogens is 1. The van der Waals surface area contributed by atoms with Gasteiger partial charge in [-0.3, -0.25) is 0 Å². The number of nitriles is 1. The van der Waals surface area contributed by atoms with E-state index in [9.17, 15) is 10.1 Å². The zero-order valence-electron chi connectivity index (χ0n) is 17.5. The molecule has 6 heteroatoms. The molecule has 0 saturated heterocycles. The van der Waals surface area contributed by atoms with Gasteiger partial charge in [-0.15, -0.1) is 0 Å². The van der Waals surface area contributed by atoms with E-state index in [2.05, 4.69) is 10.6 Å². The number of carbonyl (C=O) groups is 1. The molecule has 6 nitrogen and oxygen atoms in total. The third-order valence-electron chi connectivity index (χ3n) is 5.45. The van der Waals surface area contributed by atoms with Crippen LogP contribution in [0.2, 0.25) is 0 Å². The molecule has 1 amide bonds. The topological polar surface area (TPSA) is 67.5 Å². The van der Waals surface area contributed by atoms with E-state index in [1.54, 1.807) is 12.0 Å². The van der Waals surface area contributed by atoms with E-state index in [4.69, 9.17) is 9.47 Å². The molecule has 1 aromatic carbocycles. The molecule has 2 aliphatic rings. The highest BCUT2D eigenvalue weighted by atomic mass is 16.6. The van der Waals surface area contributed by atoms with Gasteiger partial charge >= 0.3 is 6.09 Å². The molecule has 1 aliphatic heterocycles. The number of methoxy groups -OCH3 is 1. The number of fused-ring (bicyclic) bond motifs is 1. The Bertz CT molecular complexity index is 973. The molecule has 0 spiro atoms. The molecule has 29 heavy (non-hydrogen) atoms. The normalized spacial score (nSPS) is 16.2. The average molecular weight is 393 g/mol. The highest BCUT2D eigenvalue weighted by molar-refractivity contribution is 5.77. The van der Waals surface area contributed by atoms with Crippen molar-refractivity contribution in [3.63, 3.8) is 0 Å². The molecule has 0 radical (unpaired) electrons. The first-order chi connectivity index (χ1) is 13.8. The van der Waals surface area contributed by atoms with E-state index in [0.29, 0.717) is 31.1 Å². The van der Waals surface area contributed by atoms with Gasteiger partial charge in [-0.25, -0.2) is 4.79 Å². The summed E-state index contributed by atoms with van der Waals surface area (Å²) in [6, 6.07) is 10.3. The zero-order valence-corrected chi connectivity index (χ0v) is 17.5. The fourth-order valence-electron chi connectivity index (χ4n) is 4.02. The van der Waals surface area contributed by atoms with Crippen molar-refractivity contribution in [3.05, 3.63) is 41.2 Å². The summed E-state index contributed by atoms with van der Waals surface area (Å²) >= 11 is 0. The molecule has 1 saturated carbocycles. The maximum absolute atomic E-state index is 12.6. The van der Waals surface area contributed by atoms with E-state index >= 15 is 0 Å². The molecule has 0 N–H and O–H groups in total. The van der Waals surface area contributed by atoms with Crippen LogP contribution in [0.15, 0.2) is 24.3 Å². The fraction of sp³-hybridized carbons (Fsp3) is 0.478. The molecule has 0 bridgehead atoms. The van der Waals surface area contributed by atoms with E-state index in [-0.39, 0.29) is 6.09 Å². The van der Waals surface area contributed by atoms with Gasteiger partial charge in [-0.2, -0.15) is 5.26 Å². The Morgan fingerprint density at radius 1 is 1.17 bits per heavy atom. The van der Waals surface area contributed by atoms with E-state index in [0.717, 1.165) is 35.4 Å². The monoisotopic (exact) mass is 393 g/mol. The minimum atomic E-state index is -0.540. The summed E-state index contributed by atoms with van der Waals surface area (Å²) in [7, 11) is 1.65. The Labute approximate surface area is 171 Å². The van der Waals surface area contributed by atoms with E-state index in [1.165, 1.54) is 5.69 Å². The number of carbonyl (C=O) groups excluding carboxylic acids is 1. The summed E-state index contributed by atoms with van der Waals surface area (Å²) in [6.07, 6.45) is 1.97. The molecule has 1 fully saturated rings. The van der Waals surface area contributed by atoms with Crippen LogP contribution in [-0.2, 0) is 17.8 Å². The summed E-state index contributed by atoms with van der Waals surface area (Å²) < 4.78 is 13.1. The van der Waals surface area contributed by atoms with Gasteiger partial charge in [0.25, 0.3) is 0 Å². The smallest absolute Gasteiger partial charge is 0.410 e. The lowest BCUT2D eigenvalue weighted by molar-refractivity contribution is 0.0198. The molecule has 1 aliphatic carbocycles. The molecular formula is C23H27N3O3. The lowest BCUT2D eigenvalue weighted by Gasteiger charge is -2.31. The first-order valence-corrected chi connectivity index (χ1v) is 10.1. The summed E-state index contributed by atoms with van der Waals surface area (Å²) in [5.74, 6) is 1.28. The zero-order chi connectivity index (χ0) is 20.8. The van der Waals surface area contributed by atoms with Crippen LogP contribution < -0.4 is 4.74 Å². The van der Waals surface area contributed by atoms with Gasteiger partial charge in [-0.05, 0) is 57.2 Å². The standard InChI is InChI=1S/C23H27N3O3/c1-23(2,3)29-22(27)25-11-12-26-19(14-25)18(13-24)20(21(26)16-5-6-16)15-7-9-17(28-4)10-8-15/h7-10,16H,5-6,11-12,14H2,1-4H3. The van der Waals surface area contributed by atoms with Crippen molar-refractivity contribution < 1.29 is 14.3 Å². The second kappa shape index (κ2) is 7.14. The number of rotatable bonds is 3. The highest BCUT2D eigenvalue weighted by Crippen LogP contribution is 2.48. The van der Waals surface area contributed by atoms with Crippen molar-refractivity contribution in [1.82, 2.24) is 9.47 Å². The molecule has 0 atom stereocenters. The molecular weight excluding hydrogens is 366 g/mol. The third-order valence-corrected chi connectivity index (χ3v) is 5.45. The molecule has 1 aromatic heterocycles. The van der Waals surface area contributed by atoms with Crippen LogP contribution in [0.4, 0.5) is 4.79 Å². The maximum Gasteiger partial charge on any atom is 0.410 e. The van der Waals surface area contributed by atoms with Crippen LogP contribution >= 0.6 is 0 Å². The Balaban J connectivity index is 1.75. The fourth-order valence-corrected chi connectivity index (χ4v) is 4.02. The van der Waals surface area contributed by atoms with Crippen LogP contribution in [0.5, 0.6) is 5.75 Å². The highest BCUT2D eigenvalue weighted by Gasteiger charge is 2.37. The Hall–Kier alpha value is -2.94. The maximum atomic E-state index is 12.6. The molecule has 4 rings (SSSR count). The largest absolute Gasteiger partial charge is 0.497 e. The second-order valence-electron chi connectivity index (χ2n) is 8.75. The number of ether oxygens (including phenoxy) is 2. The van der Waals surface area contributed by atoms with Crippen LogP contribution in [-0.4, -0.2) is 34.8 Å². The lowest BCUT2D eigenvalue weighted by Crippen LogP contribution is -2.41. The molecule has 2 heterocycles. The van der Waals surface area contributed by atoms with Gasteiger partial charge in [0.05, 0.1) is 24.9 Å². The van der Waals surface area contributed by atoms with Crippen LogP contribution in [0, 0.1) is 11.3 Å². The number of nitrogens with zero attached hydrogens (tertiary/aromatic N) is 3. The number of hydrogen-bond donors (Lipinski definition) is 0. The summed E-state index contributed by atoms with van der Waals surface area (Å²) in [5.41, 5.74) is 4.32. The SMILES string of the molecule is COc1ccc(-c2c(C#N)c3n(c2C2CC2)CCN(C(=O)OC(C)(C)C)C3)cc1. The Morgan fingerprint density at radius 3 is 2.41 bits per heavy atom. The van der Waals surface area contributed by atoms with Crippen molar-refractivity contribution in [2.45, 2.75) is 58.2 Å². The van der Waals surface area contributed by atoms with Crippen LogP contribution in [0.25, 0.3) is 11.1 Å². The average Bonchev–Trinajstić information content (AvgIpc) is 3.47. The first-order valence-electron chi connectivity index (χ1n) is 10.1. The quantitative estimate of drug-likeness (QED) is 0.760. The molecule has 2 aromatic rings. The van der Waals surface area contributed by atoms with Gasteiger partial charge in [0, 0.05) is 24.3 Å². The van der Waals surface area contributed by atoms with Crippen molar-refractivity contribution in [2.24, 2.45) is 0 Å². The predicted octanol–water partition coefficient (Wildman–Crippen LogP) is 4.66. The van der Waals surface area contributed by atoms with Crippen molar-refractivity contribution in [3.8, 4) is 22.9 Å². The van der Waals surface area contributed by atoms with Gasteiger partial charge in [-0.1, -0.05) is 12.1 Å². The van der Waals surface area contributed by atoms with Gasteiger partial charge in [0.15, 0.2) is 0 Å². The van der Waals surface area contributed by atoms with E-state index < -0.39 is 5.60 Å². The lowest BCUT2D eigenvalue weighted by atomic mass is 9.98. The summed E-state index contributed by atoms with van der Waals surface area (Å²) in [5, 5.41) is 10.0. The Morgan fingerprint density at radius 2 is 1.86 bits per heavy atom. The van der Waals surface area contributed by atoms with Gasteiger partial charge in [0.1, 0.15) is 17.4 Å². The van der Waals surface area contributed by atoms with Gasteiger partial charge in [0.2, 0.25) is 0 Å². The minimum Gasteiger partial charge on any atom is -0.497 e. The van der Waals surface area contributed by atoms with E-state index in [1.807, 2.05) is 45.0 Å². The van der Waals surface area contributed by atoms with Crippen LogP contribution in [0.1, 0.15) is 56.5 Å². The van der Waals surface area contributed by atoms with Crippen molar-refractivity contribution in [2.75, 3.05) is 13.7 Å². The van der Waals surface area contributed by atoms with Crippen molar-refractivity contribution >= 4 is 6.09 Å². The number of benzene rings is 1. The first kappa shape index (κ1) is 19.4.